The zero-order valence-corrected chi connectivity index (χ0v) is 21.9. The Morgan fingerprint density at radius 2 is 1.90 bits per heavy atom. The monoisotopic (exact) mass is 537 g/mol. The van der Waals surface area contributed by atoms with Crippen molar-refractivity contribution in [3.8, 4) is 11.5 Å². The molecule has 206 valence electrons. The molecule has 1 unspecified atom stereocenters. The summed E-state index contributed by atoms with van der Waals surface area (Å²) in [6.45, 7) is 2.13. The molecule has 0 radical (unpaired) electrons. The molecule has 2 aliphatic rings. The SMILES string of the molecule is COc1ccc(C=C(C(=O)NCC2CCN(C3=NCC(C(=O)NO)C=N3)CC2)c2cccc(F)c2)cc1OC. The van der Waals surface area contributed by atoms with Gasteiger partial charge in [0.2, 0.25) is 5.96 Å². The molecule has 0 aromatic heterocycles. The van der Waals surface area contributed by atoms with Crippen LogP contribution in [0, 0.1) is 17.7 Å². The number of aliphatic imine (C=N–C) groups is 2. The van der Waals surface area contributed by atoms with Crippen molar-refractivity contribution in [2.24, 2.45) is 21.8 Å². The lowest BCUT2D eigenvalue weighted by molar-refractivity contribution is -0.130. The number of ether oxygens (including phenoxy) is 2. The number of rotatable bonds is 8. The van der Waals surface area contributed by atoms with Gasteiger partial charge in [0.25, 0.3) is 11.8 Å². The minimum Gasteiger partial charge on any atom is -0.493 e. The highest BCUT2D eigenvalue weighted by molar-refractivity contribution is 6.24. The second kappa shape index (κ2) is 13.0. The summed E-state index contributed by atoms with van der Waals surface area (Å²) in [5, 5.41) is 11.8. The average molecular weight is 538 g/mol. The second-order valence-corrected chi connectivity index (χ2v) is 9.32. The van der Waals surface area contributed by atoms with Gasteiger partial charge in [0.05, 0.1) is 26.7 Å². The quantitative estimate of drug-likeness (QED) is 0.206. The van der Waals surface area contributed by atoms with Gasteiger partial charge in [0.1, 0.15) is 5.82 Å². The van der Waals surface area contributed by atoms with Crippen LogP contribution in [0.15, 0.2) is 52.4 Å². The van der Waals surface area contributed by atoms with E-state index in [0.717, 1.165) is 12.8 Å². The van der Waals surface area contributed by atoms with Crippen LogP contribution in [0.3, 0.4) is 0 Å². The highest BCUT2D eigenvalue weighted by Gasteiger charge is 2.26. The Labute approximate surface area is 226 Å². The molecule has 4 rings (SSSR count). The molecular weight excluding hydrogens is 505 g/mol. The summed E-state index contributed by atoms with van der Waals surface area (Å²) in [4.78, 5) is 35.6. The number of carbonyl (C=O) groups is 2. The number of amides is 2. The fraction of sp³-hybridized carbons (Fsp3) is 0.357. The van der Waals surface area contributed by atoms with Gasteiger partial charge in [-0.2, -0.15) is 0 Å². The van der Waals surface area contributed by atoms with E-state index in [1.165, 1.54) is 25.5 Å². The molecule has 11 heteroatoms. The van der Waals surface area contributed by atoms with Crippen molar-refractivity contribution in [3.63, 3.8) is 0 Å². The number of methoxy groups -OCH3 is 2. The van der Waals surface area contributed by atoms with Crippen molar-refractivity contribution in [1.29, 1.82) is 0 Å². The van der Waals surface area contributed by atoms with Crippen LogP contribution in [-0.2, 0) is 9.59 Å². The lowest BCUT2D eigenvalue weighted by Gasteiger charge is -2.33. The molecule has 2 amide bonds. The molecular formula is C28H32FN5O5. The van der Waals surface area contributed by atoms with Gasteiger partial charge in [-0.1, -0.05) is 18.2 Å². The highest BCUT2D eigenvalue weighted by Crippen LogP contribution is 2.30. The molecule has 39 heavy (non-hydrogen) atoms. The Bertz CT molecular complexity index is 1290. The van der Waals surface area contributed by atoms with Crippen molar-refractivity contribution in [3.05, 3.63) is 59.4 Å². The molecule has 3 N–H and O–H groups in total. The van der Waals surface area contributed by atoms with E-state index < -0.39 is 17.6 Å². The van der Waals surface area contributed by atoms with Crippen molar-refractivity contribution in [2.45, 2.75) is 12.8 Å². The van der Waals surface area contributed by atoms with E-state index in [-0.39, 0.29) is 18.4 Å². The van der Waals surface area contributed by atoms with E-state index in [4.69, 9.17) is 14.7 Å². The van der Waals surface area contributed by atoms with Crippen molar-refractivity contribution in [2.75, 3.05) is 40.4 Å². The lowest BCUT2D eigenvalue weighted by atomic mass is 9.96. The number of nitrogens with zero attached hydrogens (tertiary/aromatic N) is 3. The number of carbonyl (C=O) groups excluding carboxylic acids is 2. The van der Waals surface area contributed by atoms with E-state index in [9.17, 15) is 14.0 Å². The van der Waals surface area contributed by atoms with Gasteiger partial charge >= 0.3 is 0 Å². The number of hydrogen-bond donors (Lipinski definition) is 3. The van der Waals surface area contributed by atoms with Crippen LogP contribution in [0.2, 0.25) is 0 Å². The van der Waals surface area contributed by atoms with Crippen LogP contribution < -0.4 is 20.3 Å². The molecule has 2 aromatic carbocycles. The van der Waals surface area contributed by atoms with E-state index >= 15 is 0 Å². The maximum Gasteiger partial charge on any atom is 0.253 e. The number of guanidine groups is 1. The topological polar surface area (TPSA) is 125 Å². The number of hydrogen-bond acceptors (Lipinski definition) is 8. The maximum atomic E-state index is 14.0. The van der Waals surface area contributed by atoms with Crippen molar-refractivity contribution < 1.29 is 28.7 Å². The van der Waals surface area contributed by atoms with Crippen LogP contribution in [0.5, 0.6) is 11.5 Å². The number of likely N-dealkylation sites (tertiary alicyclic amines) is 1. The summed E-state index contributed by atoms with van der Waals surface area (Å²) < 4.78 is 24.7. The zero-order chi connectivity index (χ0) is 27.8. The van der Waals surface area contributed by atoms with Crippen molar-refractivity contribution in [1.82, 2.24) is 15.7 Å². The maximum absolute atomic E-state index is 14.0. The Kier molecular flexibility index (Phi) is 9.27. The minimum absolute atomic E-state index is 0.233. The predicted octanol–water partition coefficient (Wildman–Crippen LogP) is 2.77. The molecule has 0 spiro atoms. The van der Waals surface area contributed by atoms with Gasteiger partial charge in [-0.05, 0) is 60.2 Å². The summed E-state index contributed by atoms with van der Waals surface area (Å²) in [5.74, 6) is 0.0791. The molecule has 10 nitrogen and oxygen atoms in total. The third kappa shape index (κ3) is 6.99. The van der Waals surface area contributed by atoms with E-state index in [1.807, 2.05) is 0 Å². The van der Waals surface area contributed by atoms with E-state index in [1.54, 1.807) is 49.0 Å². The first-order valence-electron chi connectivity index (χ1n) is 12.7. The van der Waals surface area contributed by atoms with Crippen LogP contribution in [0.4, 0.5) is 4.39 Å². The Morgan fingerprint density at radius 3 is 2.54 bits per heavy atom. The minimum atomic E-state index is -0.578. The van der Waals surface area contributed by atoms with Gasteiger partial charge in [-0.3, -0.25) is 14.8 Å². The first kappa shape index (κ1) is 27.8. The van der Waals surface area contributed by atoms with Crippen LogP contribution in [0.1, 0.15) is 24.0 Å². The number of nitrogens with one attached hydrogen (secondary N) is 2. The summed E-state index contributed by atoms with van der Waals surface area (Å²) in [5.41, 5.74) is 3.14. The lowest BCUT2D eigenvalue weighted by Crippen LogP contribution is -2.43. The number of hydroxylamine groups is 1. The first-order chi connectivity index (χ1) is 18.9. The number of piperidine rings is 1. The van der Waals surface area contributed by atoms with Gasteiger partial charge < -0.3 is 19.7 Å². The largest absolute Gasteiger partial charge is 0.493 e. The first-order valence-corrected chi connectivity index (χ1v) is 12.7. The van der Waals surface area contributed by atoms with Crippen LogP contribution >= 0.6 is 0 Å². The standard InChI is InChI=1S/C28H32FN5O5/c1-38-24-7-6-19(13-25(24)39-2)12-23(20-4-3-5-22(29)14-20)27(36)30-15-18-8-10-34(11-9-18)28-31-16-21(17-32-28)26(35)33-37/h3-7,12-14,16,18,21,37H,8-11,15,17H2,1-2H3,(H,30,36)(H,33,35). The van der Waals surface area contributed by atoms with Gasteiger partial charge in [-0.25, -0.2) is 19.9 Å². The van der Waals surface area contributed by atoms with Crippen LogP contribution in [0.25, 0.3) is 11.6 Å². The summed E-state index contributed by atoms with van der Waals surface area (Å²) in [6, 6.07) is 11.3. The molecule has 2 aromatic rings. The van der Waals surface area contributed by atoms with Gasteiger partial charge in [-0.15, -0.1) is 0 Å². The smallest absolute Gasteiger partial charge is 0.253 e. The molecule has 1 atom stereocenters. The fourth-order valence-corrected chi connectivity index (χ4v) is 4.55. The van der Waals surface area contributed by atoms with Gasteiger partial charge in [0.15, 0.2) is 11.5 Å². The Hall–Kier alpha value is -4.25. The van der Waals surface area contributed by atoms with Gasteiger partial charge in [0, 0.05) is 31.4 Å². The highest BCUT2D eigenvalue weighted by atomic mass is 19.1. The van der Waals surface area contributed by atoms with E-state index in [0.29, 0.717) is 53.8 Å². The molecule has 1 saturated heterocycles. The molecule has 2 aliphatic heterocycles. The van der Waals surface area contributed by atoms with Crippen molar-refractivity contribution >= 4 is 35.6 Å². The molecule has 2 heterocycles. The van der Waals surface area contributed by atoms with E-state index in [2.05, 4.69) is 20.2 Å². The number of halogens is 1. The fourth-order valence-electron chi connectivity index (χ4n) is 4.55. The molecule has 0 bridgehead atoms. The third-order valence-corrected chi connectivity index (χ3v) is 6.79. The Morgan fingerprint density at radius 1 is 1.13 bits per heavy atom. The summed E-state index contributed by atoms with van der Waals surface area (Å²) >= 11 is 0. The molecule has 1 fully saturated rings. The second-order valence-electron chi connectivity index (χ2n) is 9.32. The molecule has 0 aliphatic carbocycles. The normalized spacial score (nSPS) is 17.8. The predicted molar refractivity (Wildman–Crippen MR) is 145 cm³/mol. The molecule has 0 saturated carbocycles. The Balaban J connectivity index is 1.40. The zero-order valence-electron chi connectivity index (χ0n) is 21.9. The third-order valence-electron chi connectivity index (χ3n) is 6.79. The average Bonchev–Trinajstić information content (AvgIpc) is 2.98. The summed E-state index contributed by atoms with van der Waals surface area (Å²) in [7, 11) is 3.09. The number of benzene rings is 2. The van der Waals surface area contributed by atoms with Crippen LogP contribution in [-0.4, -0.2) is 74.5 Å². The summed E-state index contributed by atoms with van der Waals surface area (Å²) in [6.07, 6.45) is 4.85.